The van der Waals surface area contributed by atoms with Crippen LogP contribution in [0.3, 0.4) is 0 Å². The fourth-order valence-corrected chi connectivity index (χ4v) is 1.28. The molecule has 13 heavy (non-hydrogen) atoms. The maximum absolute atomic E-state index is 10.8. The summed E-state index contributed by atoms with van der Waals surface area (Å²) in [6.45, 7) is 0.395. The van der Waals surface area contributed by atoms with Crippen molar-refractivity contribution in [3.05, 3.63) is 35.9 Å². The van der Waals surface area contributed by atoms with Gasteiger partial charge < -0.3 is 10.8 Å². The van der Waals surface area contributed by atoms with Gasteiger partial charge in [0.1, 0.15) is 0 Å². The van der Waals surface area contributed by atoms with E-state index in [0.29, 0.717) is 13.0 Å². The molecule has 0 spiro atoms. The van der Waals surface area contributed by atoms with Crippen molar-refractivity contribution in [2.75, 3.05) is 6.54 Å². The van der Waals surface area contributed by atoms with Crippen LogP contribution in [0.25, 0.3) is 0 Å². The minimum atomic E-state index is -0.809. The Kier molecular flexibility index (Phi) is 3.46. The van der Waals surface area contributed by atoms with Gasteiger partial charge in [0.2, 0.25) is 0 Å². The molecule has 0 aromatic heterocycles. The Morgan fingerprint density at radius 3 is 2.46 bits per heavy atom. The van der Waals surface area contributed by atoms with E-state index in [4.69, 9.17) is 10.8 Å². The molecule has 70 valence electrons. The lowest BCUT2D eigenvalue weighted by atomic mass is 9.96. The van der Waals surface area contributed by atoms with Crippen molar-refractivity contribution >= 4 is 5.97 Å². The van der Waals surface area contributed by atoms with E-state index < -0.39 is 11.9 Å². The summed E-state index contributed by atoms with van der Waals surface area (Å²) in [5, 5.41) is 8.90. The highest BCUT2D eigenvalue weighted by atomic mass is 16.4. The Morgan fingerprint density at radius 2 is 2.00 bits per heavy atom. The summed E-state index contributed by atoms with van der Waals surface area (Å²) in [5.74, 6) is -1.28. The number of rotatable bonds is 4. The molecular weight excluding hydrogens is 166 g/mol. The molecule has 0 fully saturated rings. The standard InChI is InChI=1S/C10H13NO2/c11-7-6-9(10(12)13)8-4-2-1-3-5-8/h1-5,9H,6-7,11H2,(H,12,13)/t9-/m0/s1. The van der Waals surface area contributed by atoms with Gasteiger partial charge in [0.25, 0.3) is 0 Å². The molecule has 1 atom stereocenters. The molecule has 3 N–H and O–H groups in total. The van der Waals surface area contributed by atoms with Gasteiger partial charge in [0.05, 0.1) is 5.92 Å². The molecule has 3 nitrogen and oxygen atoms in total. The first-order valence-electron chi connectivity index (χ1n) is 4.23. The summed E-state index contributed by atoms with van der Waals surface area (Å²) in [6.07, 6.45) is 0.485. The van der Waals surface area contributed by atoms with Crippen molar-refractivity contribution in [3.8, 4) is 0 Å². The minimum Gasteiger partial charge on any atom is -0.481 e. The Bertz CT molecular complexity index is 272. The van der Waals surface area contributed by atoms with E-state index in [1.54, 1.807) is 0 Å². The molecule has 1 rings (SSSR count). The van der Waals surface area contributed by atoms with Crippen molar-refractivity contribution in [1.29, 1.82) is 0 Å². The number of carboxylic acid groups (broad SMARTS) is 1. The second-order valence-electron chi connectivity index (χ2n) is 2.88. The van der Waals surface area contributed by atoms with Gasteiger partial charge in [-0.1, -0.05) is 30.3 Å². The van der Waals surface area contributed by atoms with Crippen LogP contribution in [0.4, 0.5) is 0 Å². The molecule has 0 saturated heterocycles. The Morgan fingerprint density at radius 1 is 1.38 bits per heavy atom. The molecule has 1 aromatic carbocycles. The zero-order chi connectivity index (χ0) is 9.68. The van der Waals surface area contributed by atoms with Crippen molar-refractivity contribution < 1.29 is 9.90 Å². The fraction of sp³-hybridized carbons (Fsp3) is 0.300. The first-order valence-corrected chi connectivity index (χ1v) is 4.23. The van der Waals surface area contributed by atoms with E-state index in [-0.39, 0.29) is 0 Å². The van der Waals surface area contributed by atoms with Gasteiger partial charge >= 0.3 is 5.97 Å². The van der Waals surface area contributed by atoms with Crippen LogP contribution in [0, 0.1) is 0 Å². The van der Waals surface area contributed by atoms with Crippen molar-refractivity contribution in [3.63, 3.8) is 0 Å². The number of nitrogens with two attached hydrogens (primary N) is 1. The van der Waals surface area contributed by atoms with Crippen molar-refractivity contribution in [2.45, 2.75) is 12.3 Å². The monoisotopic (exact) mass is 179 g/mol. The average Bonchev–Trinajstić information content (AvgIpc) is 2.15. The molecular formula is C10H13NO2. The number of hydrogen-bond acceptors (Lipinski definition) is 2. The minimum absolute atomic E-state index is 0.395. The zero-order valence-electron chi connectivity index (χ0n) is 7.31. The lowest BCUT2D eigenvalue weighted by molar-refractivity contribution is -0.138. The fourth-order valence-electron chi connectivity index (χ4n) is 1.28. The molecule has 0 unspecified atom stereocenters. The van der Waals surface area contributed by atoms with Crippen molar-refractivity contribution in [1.82, 2.24) is 0 Å². The Labute approximate surface area is 77.2 Å². The molecule has 1 aromatic rings. The number of aliphatic carboxylic acids is 1. The van der Waals surface area contributed by atoms with E-state index in [0.717, 1.165) is 5.56 Å². The first kappa shape index (κ1) is 9.74. The molecule has 0 radical (unpaired) electrons. The van der Waals surface area contributed by atoms with E-state index in [9.17, 15) is 4.79 Å². The quantitative estimate of drug-likeness (QED) is 0.730. The summed E-state index contributed by atoms with van der Waals surface area (Å²) >= 11 is 0. The molecule has 0 amide bonds. The third kappa shape index (κ3) is 2.56. The predicted molar refractivity (Wildman–Crippen MR) is 50.5 cm³/mol. The van der Waals surface area contributed by atoms with E-state index >= 15 is 0 Å². The third-order valence-corrected chi connectivity index (χ3v) is 1.96. The van der Waals surface area contributed by atoms with Crippen LogP contribution in [0.15, 0.2) is 30.3 Å². The maximum atomic E-state index is 10.8. The van der Waals surface area contributed by atoms with Gasteiger partial charge in [-0.15, -0.1) is 0 Å². The van der Waals surface area contributed by atoms with Crippen LogP contribution in [0.2, 0.25) is 0 Å². The van der Waals surface area contributed by atoms with Crippen LogP contribution in [-0.4, -0.2) is 17.6 Å². The van der Waals surface area contributed by atoms with Gasteiger partial charge in [-0.25, -0.2) is 0 Å². The SMILES string of the molecule is NCC[C@H](C(=O)O)c1ccccc1. The van der Waals surface area contributed by atoms with Gasteiger partial charge in [-0.05, 0) is 18.5 Å². The molecule has 0 aliphatic rings. The molecule has 0 aliphatic heterocycles. The van der Waals surface area contributed by atoms with Crippen LogP contribution in [-0.2, 0) is 4.79 Å². The number of benzene rings is 1. The average molecular weight is 179 g/mol. The summed E-state index contributed by atoms with van der Waals surface area (Å²) in [4.78, 5) is 10.8. The third-order valence-electron chi connectivity index (χ3n) is 1.96. The maximum Gasteiger partial charge on any atom is 0.311 e. The zero-order valence-corrected chi connectivity index (χ0v) is 7.31. The second-order valence-corrected chi connectivity index (χ2v) is 2.88. The highest BCUT2D eigenvalue weighted by molar-refractivity contribution is 5.76. The van der Waals surface area contributed by atoms with E-state index in [1.165, 1.54) is 0 Å². The van der Waals surface area contributed by atoms with Crippen LogP contribution in [0.1, 0.15) is 17.9 Å². The smallest absolute Gasteiger partial charge is 0.311 e. The van der Waals surface area contributed by atoms with Gasteiger partial charge in [-0.2, -0.15) is 0 Å². The number of carboxylic acids is 1. The molecule has 0 bridgehead atoms. The van der Waals surface area contributed by atoms with E-state index in [2.05, 4.69) is 0 Å². The van der Waals surface area contributed by atoms with Gasteiger partial charge in [-0.3, -0.25) is 4.79 Å². The first-order chi connectivity index (χ1) is 6.25. The molecule has 0 aliphatic carbocycles. The predicted octanol–water partition coefficient (Wildman–Crippen LogP) is 1.20. The number of carbonyl (C=O) groups is 1. The van der Waals surface area contributed by atoms with E-state index in [1.807, 2.05) is 30.3 Å². The Hall–Kier alpha value is -1.35. The topological polar surface area (TPSA) is 63.3 Å². The highest BCUT2D eigenvalue weighted by Crippen LogP contribution is 2.18. The highest BCUT2D eigenvalue weighted by Gasteiger charge is 2.17. The molecule has 0 saturated carbocycles. The lowest BCUT2D eigenvalue weighted by Crippen LogP contribution is -2.15. The van der Waals surface area contributed by atoms with Crippen LogP contribution < -0.4 is 5.73 Å². The van der Waals surface area contributed by atoms with Gasteiger partial charge in [0.15, 0.2) is 0 Å². The van der Waals surface area contributed by atoms with Crippen LogP contribution >= 0.6 is 0 Å². The van der Waals surface area contributed by atoms with Crippen LogP contribution in [0.5, 0.6) is 0 Å². The number of hydrogen-bond donors (Lipinski definition) is 2. The molecule has 0 heterocycles. The summed E-state index contributed by atoms with van der Waals surface area (Å²) in [7, 11) is 0. The summed E-state index contributed by atoms with van der Waals surface area (Å²) < 4.78 is 0. The summed E-state index contributed by atoms with van der Waals surface area (Å²) in [6, 6.07) is 9.16. The van der Waals surface area contributed by atoms with Gasteiger partial charge in [0, 0.05) is 0 Å². The Balaban J connectivity index is 2.82. The normalized spacial score (nSPS) is 12.4. The van der Waals surface area contributed by atoms with Crippen molar-refractivity contribution in [2.24, 2.45) is 5.73 Å². The molecule has 3 heteroatoms. The summed E-state index contributed by atoms with van der Waals surface area (Å²) in [5.41, 5.74) is 6.16. The lowest BCUT2D eigenvalue weighted by Gasteiger charge is -2.10. The largest absolute Gasteiger partial charge is 0.481 e. The second kappa shape index (κ2) is 4.62.